The molecule has 0 bridgehead atoms. The number of hydrogen-bond donors (Lipinski definition) is 0. The van der Waals surface area contributed by atoms with Crippen molar-refractivity contribution >= 4 is 0 Å². The Hall–Kier alpha value is -0.0800. The minimum absolute atomic E-state index is 0. The van der Waals surface area contributed by atoms with Crippen LogP contribution in [0.2, 0.25) is 0 Å². The van der Waals surface area contributed by atoms with Gasteiger partial charge in [0.25, 0.3) is 0 Å². The molecule has 238 valence electrons. The molecule has 0 N–H and O–H groups in total. The van der Waals surface area contributed by atoms with E-state index in [2.05, 4.69) is 83.1 Å². The molecule has 3 aliphatic rings. The third-order valence-electron chi connectivity index (χ3n) is 8.92. The molecule has 1 saturated carbocycles. The predicted molar refractivity (Wildman–Crippen MR) is 179 cm³/mol. The van der Waals surface area contributed by atoms with Crippen LogP contribution < -0.4 is 0 Å². The molecule has 0 aromatic carbocycles. The van der Waals surface area contributed by atoms with Crippen molar-refractivity contribution in [3.8, 4) is 0 Å². The first-order valence-corrected chi connectivity index (χ1v) is 14.6. The van der Waals surface area contributed by atoms with Crippen molar-refractivity contribution in [3.63, 3.8) is 0 Å². The summed E-state index contributed by atoms with van der Waals surface area (Å²) in [5.74, 6) is 9.30. The largest absolute Gasteiger partial charge is 0.381 e. The average molecular weight is 547 g/mol. The van der Waals surface area contributed by atoms with Gasteiger partial charge in [-0.25, -0.2) is 0 Å². The van der Waals surface area contributed by atoms with Gasteiger partial charge < -0.3 is 9.47 Å². The van der Waals surface area contributed by atoms with Crippen molar-refractivity contribution < 1.29 is 9.47 Å². The summed E-state index contributed by atoms with van der Waals surface area (Å²) >= 11 is 0. The van der Waals surface area contributed by atoms with Crippen LogP contribution in [0.4, 0.5) is 0 Å². The summed E-state index contributed by atoms with van der Waals surface area (Å²) in [6.07, 6.45) is 6.24. The highest BCUT2D eigenvalue weighted by atomic mass is 16.5. The first-order valence-electron chi connectivity index (χ1n) is 14.6. The van der Waals surface area contributed by atoms with Crippen LogP contribution in [-0.2, 0) is 9.47 Å². The Balaban J connectivity index is -0.000000134. The van der Waals surface area contributed by atoms with Crippen molar-refractivity contribution in [2.75, 3.05) is 19.8 Å². The maximum absolute atomic E-state index is 5.69. The zero-order valence-electron chi connectivity index (χ0n) is 24.7. The Labute approximate surface area is 246 Å². The van der Waals surface area contributed by atoms with Crippen molar-refractivity contribution in [2.24, 2.45) is 65.1 Å². The Morgan fingerprint density at radius 2 is 0.763 bits per heavy atom. The second kappa shape index (κ2) is 23.6. The van der Waals surface area contributed by atoms with Crippen LogP contribution in [0.3, 0.4) is 0 Å². The molecule has 2 saturated heterocycles. The maximum Gasteiger partial charge on any atom is 0.0629 e. The molecule has 2 aliphatic heterocycles. The van der Waals surface area contributed by atoms with Crippen molar-refractivity contribution in [3.05, 3.63) is 0 Å². The number of ether oxygens (including phenoxy) is 2. The molecule has 0 spiro atoms. The highest BCUT2D eigenvalue weighted by Crippen LogP contribution is 2.40. The average Bonchev–Trinajstić information content (AvgIpc) is 3.48. The van der Waals surface area contributed by atoms with Gasteiger partial charge in [-0.15, -0.1) is 0 Å². The van der Waals surface area contributed by atoms with Crippen molar-refractivity contribution in [2.45, 2.75) is 152 Å². The lowest BCUT2D eigenvalue weighted by Crippen LogP contribution is -2.25. The molecule has 2 nitrogen and oxygen atoms in total. The molecule has 1 aliphatic carbocycles. The van der Waals surface area contributed by atoms with E-state index in [1.165, 1.54) is 25.7 Å². The third-order valence-corrected chi connectivity index (χ3v) is 8.92. The summed E-state index contributed by atoms with van der Waals surface area (Å²) in [4.78, 5) is 0. The molecular formula is C36H82O2. The van der Waals surface area contributed by atoms with Gasteiger partial charge in [0.2, 0.25) is 0 Å². The lowest BCUT2D eigenvalue weighted by atomic mass is 9.80. The Morgan fingerprint density at radius 1 is 0.421 bits per heavy atom. The van der Waals surface area contributed by atoms with Gasteiger partial charge in [0.05, 0.1) is 6.10 Å². The van der Waals surface area contributed by atoms with Crippen LogP contribution in [0.5, 0.6) is 0 Å². The SMILES string of the molecule is C.C.C.C.C.CC(C)C1CCCC1C(C)C.CC(C)C1CCOC1C(C)C.CC(C)C1COCC1C(C)C. The van der Waals surface area contributed by atoms with E-state index in [0.717, 1.165) is 79.0 Å². The van der Waals surface area contributed by atoms with Crippen LogP contribution in [0, 0.1) is 65.1 Å². The fourth-order valence-electron chi connectivity index (χ4n) is 6.66. The third kappa shape index (κ3) is 15.1. The predicted octanol–water partition coefficient (Wildman–Crippen LogP) is 12.2. The Kier molecular flexibility index (Phi) is 29.6. The normalized spacial score (nSPS) is 27.9. The van der Waals surface area contributed by atoms with E-state index >= 15 is 0 Å². The lowest BCUT2D eigenvalue weighted by molar-refractivity contribution is 0.0435. The van der Waals surface area contributed by atoms with Gasteiger partial charge in [-0.05, 0) is 84.4 Å². The summed E-state index contributed by atoms with van der Waals surface area (Å²) < 4.78 is 11.2. The van der Waals surface area contributed by atoms with Gasteiger partial charge in [-0.1, -0.05) is 127 Å². The first kappa shape index (κ1) is 47.7. The van der Waals surface area contributed by atoms with E-state index in [-0.39, 0.29) is 37.1 Å². The molecule has 0 amide bonds. The van der Waals surface area contributed by atoms with Gasteiger partial charge >= 0.3 is 0 Å². The molecule has 0 aromatic rings. The highest BCUT2D eigenvalue weighted by molar-refractivity contribution is 4.82. The fourth-order valence-corrected chi connectivity index (χ4v) is 6.66. The molecule has 0 aromatic heterocycles. The zero-order valence-corrected chi connectivity index (χ0v) is 24.7. The molecule has 6 atom stereocenters. The summed E-state index contributed by atoms with van der Waals surface area (Å²) in [7, 11) is 0. The second-order valence-corrected chi connectivity index (χ2v) is 13.4. The van der Waals surface area contributed by atoms with Crippen molar-refractivity contribution in [1.82, 2.24) is 0 Å². The van der Waals surface area contributed by atoms with Gasteiger partial charge in [0.1, 0.15) is 0 Å². The quantitative estimate of drug-likeness (QED) is 0.330. The van der Waals surface area contributed by atoms with E-state index in [4.69, 9.17) is 9.47 Å². The molecule has 2 heterocycles. The van der Waals surface area contributed by atoms with E-state index in [0.29, 0.717) is 12.0 Å². The maximum atomic E-state index is 5.69. The molecule has 3 fully saturated rings. The molecule has 0 radical (unpaired) electrons. The van der Waals surface area contributed by atoms with Crippen LogP contribution in [0.15, 0.2) is 0 Å². The Bertz CT molecular complexity index is 380. The monoisotopic (exact) mass is 547 g/mol. The zero-order chi connectivity index (χ0) is 25.3. The van der Waals surface area contributed by atoms with Crippen LogP contribution in [0.25, 0.3) is 0 Å². The summed E-state index contributed by atoms with van der Waals surface area (Å²) in [6.45, 7) is 30.8. The number of hydrogen-bond acceptors (Lipinski definition) is 2. The van der Waals surface area contributed by atoms with E-state index in [9.17, 15) is 0 Å². The van der Waals surface area contributed by atoms with Crippen LogP contribution in [-0.4, -0.2) is 25.9 Å². The van der Waals surface area contributed by atoms with Gasteiger partial charge in [0.15, 0.2) is 0 Å². The molecule has 38 heavy (non-hydrogen) atoms. The van der Waals surface area contributed by atoms with E-state index < -0.39 is 0 Å². The summed E-state index contributed by atoms with van der Waals surface area (Å²) in [6, 6.07) is 0. The Morgan fingerprint density at radius 3 is 1.03 bits per heavy atom. The highest BCUT2D eigenvalue weighted by Gasteiger charge is 2.33. The minimum Gasteiger partial charge on any atom is -0.381 e. The molecule has 3 rings (SSSR count). The molecule has 6 unspecified atom stereocenters. The molecular weight excluding hydrogens is 464 g/mol. The number of rotatable bonds is 6. The minimum atomic E-state index is 0. The smallest absolute Gasteiger partial charge is 0.0629 e. The van der Waals surface area contributed by atoms with E-state index in [1.54, 1.807) is 0 Å². The van der Waals surface area contributed by atoms with Crippen LogP contribution in [0.1, 0.15) is 146 Å². The summed E-state index contributed by atoms with van der Waals surface area (Å²) in [5.41, 5.74) is 0. The first-order chi connectivity index (χ1) is 15.4. The second-order valence-electron chi connectivity index (χ2n) is 13.4. The van der Waals surface area contributed by atoms with Crippen LogP contribution >= 0.6 is 0 Å². The van der Waals surface area contributed by atoms with Gasteiger partial charge in [0, 0.05) is 19.8 Å². The standard InChI is InChI=1S/C11H22.2C10H20O.5CH4/c1-8(2)10-6-5-7-11(10)9(3)4;1-7(2)9-5-11-6-10(9)8(3)4;1-7(2)9-5-6-11-10(9)8(3)4;;;;;/h8-11H,5-7H2,1-4H3;2*7-10H,5-6H2,1-4H3;5*1H4. The van der Waals surface area contributed by atoms with Crippen molar-refractivity contribution in [1.29, 1.82) is 0 Å². The summed E-state index contributed by atoms with van der Waals surface area (Å²) in [5, 5.41) is 0. The topological polar surface area (TPSA) is 18.5 Å². The fraction of sp³-hybridized carbons (Fsp3) is 1.00. The van der Waals surface area contributed by atoms with E-state index in [1.807, 2.05) is 0 Å². The lowest BCUT2D eigenvalue weighted by Gasteiger charge is -2.26. The van der Waals surface area contributed by atoms with Gasteiger partial charge in [-0.3, -0.25) is 0 Å². The van der Waals surface area contributed by atoms with Gasteiger partial charge in [-0.2, -0.15) is 0 Å². The molecule has 2 heteroatoms.